The molecule has 0 bridgehead atoms. The Kier molecular flexibility index (Phi) is 8.22. The first kappa shape index (κ1) is 27.4. The van der Waals surface area contributed by atoms with Gasteiger partial charge in [-0.1, -0.05) is 6.07 Å². The summed E-state index contributed by atoms with van der Waals surface area (Å²) in [7, 11) is 1.23. The predicted molar refractivity (Wildman–Crippen MR) is 117 cm³/mol. The van der Waals surface area contributed by atoms with Crippen LogP contribution >= 0.6 is 0 Å². The molecular formula is C22H22CuF4N6O3. The van der Waals surface area contributed by atoms with Gasteiger partial charge in [0.2, 0.25) is 0 Å². The van der Waals surface area contributed by atoms with Crippen molar-refractivity contribution in [3.63, 3.8) is 0 Å². The minimum atomic E-state index is -4.70. The maximum absolute atomic E-state index is 14.1. The van der Waals surface area contributed by atoms with Crippen molar-refractivity contribution < 1.29 is 49.0 Å². The molecule has 1 unspecified atom stereocenters. The first-order chi connectivity index (χ1) is 16.5. The van der Waals surface area contributed by atoms with E-state index in [2.05, 4.69) is 15.4 Å². The summed E-state index contributed by atoms with van der Waals surface area (Å²) in [4.78, 5) is 30.1. The molecule has 36 heavy (non-hydrogen) atoms. The number of alkyl halides is 3. The summed E-state index contributed by atoms with van der Waals surface area (Å²) in [5, 5.41) is 7.35. The number of hydrogen-bond donors (Lipinski definition) is 2. The minimum Gasteiger partial charge on any atom is -0.383 e. The van der Waals surface area contributed by atoms with Gasteiger partial charge in [0, 0.05) is 49.0 Å². The average Bonchev–Trinajstić information content (AvgIpc) is 3.28. The molecule has 1 aliphatic rings. The molecule has 0 saturated carbocycles. The molecule has 4 rings (SSSR count). The van der Waals surface area contributed by atoms with E-state index in [9.17, 15) is 27.2 Å². The number of carbonyl (C=O) groups excluding carboxylic acids is 2. The number of benzene rings is 1. The Morgan fingerprint density at radius 1 is 1.31 bits per heavy atom. The van der Waals surface area contributed by atoms with Crippen molar-refractivity contribution in [2.75, 3.05) is 24.7 Å². The van der Waals surface area contributed by atoms with Crippen LogP contribution in [0.3, 0.4) is 0 Å². The number of hydrogen-bond acceptors (Lipinski definition) is 6. The molecule has 0 aliphatic carbocycles. The van der Waals surface area contributed by atoms with Gasteiger partial charge in [-0.3, -0.25) is 9.59 Å². The molecule has 1 atom stereocenters. The van der Waals surface area contributed by atoms with Crippen LogP contribution in [0.1, 0.15) is 36.6 Å². The number of nitrogen functional groups attached to an aromatic ring is 1. The van der Waals surface area contributed by atoms with Crippen LogP contribution < -0.4 is 11.1 Å². The summed E-state index contributed by atoms with van der Waals surface area (Å²) in [6.07, 6.45) is 0.613. The molecule has 1 aliphatic heterocycles. The summed E-state index contributed by atoms with van der Waals surface area (Å²) in [5.74, 6) is -3.05. The van der Waals surface area contributed by atoms with Crippen LogP contribution in [0, 0.1) is 5.82 Å². The second kappa shape index (κ2) is 10.8. The van der Waals surface area contributed by atoms with Crippen LogP contribution in [0.4, 0.5) is 29.1 Å². The van der Waals surface area contributed by atoms with Gasteiger partial charge < -0.3 is 20.7 Å². The number of amides is 2. The van der Waals surface area contributed by atoms with Crippen LogP contribution in [0.15, 0.2) is 30.6 Å². The fourth-order valence-electron chi connectivity index (χ4n) is 3.74. The Morgan fingerprint density at radius 2 is 2.06 bits per heavy atom. The van der Waals surface area contributed by atoms with Gasteiger partial charge in [0.05, 0.1) is 22.8 Å². The SMILES string of the molecule is CN(Cc1ccc(C(F)(F)F)cc1F)C(=O)C(=O)Nc1cnc(N)c2cn(C3CCCCO3)nc12.[Cu]. The largest absolute Gasteiger partial charge is 0.416 e. The van der Waals surface area contributed by atoms with Crippen LogP contribution in [0.5, 0.6) is 0 Å². The molecule has 1 saturated heterocycles. The topological polar surface area (TPSA) is 115 Å². The number of ether oxygens (including phenoxy) is 1. The fourth-order valence-corrected chi connectivity index (χ4v) is 3.74. The van der Waals surface area contributed by atoms with E-state index in [0.717, 1.165) is 30.2 Å². The van der Waals surface area contributed by atoms with Crippen molar-refractivity contribution in [1.82, 2.24) is 19.7 Å². The van der Waals surface area contributed by atoms with E-state index in [1.165, 1.54) is 13.2 Å². The van der Waals surface area contributed by atoms with Gasteiger partial charge in [0.1, 0.15) is 23.4 Å². The number of carbonyl (C=O) groups is 2. The van der Waals surface area contributed by atoms with Crippen molar-refractivity contribution in [3.05, 3.63) is 47.5 Å². The van der Waals surface area contributed by atoms with Gasteiger partial charge >= 0.3 is 18.0 Å². The molecule has 2 amide bonds. The number of aromatic nitrogens is 3. The standard InChI is InChI=1S/C22H22F4N6O3.Cu/c1-31(10-12-5-6-13(8-15(12)23)22(24,25)26)21(34)20(33)29-16-9-28-19(27)14-11-32(30-18(14)16)17-4-2-3-7-35-17;/h5-6,8-9,11,17H,2-4,7,10H2,1H3,(H2,27,28)(H,29,33);. The van der Waals surface area contributed by atoms with Crippen molar-refractivity contribution in [1.29, 1.82) is 0 Å². The van der Waals surface area contributed by atoms with E-state index in [0.29, 0.717) is 29.6 Å². The summed E-state index contributed by atoms with van der Waals surface area (Å²) in [5.41, 5.74) is 5.06. The van der Waals surface area contributed by atoms with Gasteiger partial charge in [-0.2, -0.15) is 18.3 Å². The van der Waals surface area contributed by atoms with E-state index in [4.69, 9.17) is 10.5 Å². The minimum absolute atomic E-state index is 0. The third-order valence-electron chi connectivity index (χ3n) is 5.62. The molecular weight excluding hydrogens is 536 g/mol. The number of anilines is 2. The summed E-state index contributed by atoms with van der Waals surface area (Å²) in [6.45, 7) is 0.178. The second-order valence-electron chi connectivity index (χ2n) is 8.17. The Labute approximate surface area is 213 Å². The van der Waals surface area contributed by atoms with E-state index in [1.54, 1.807) is 10.9 Å². The summed E-state index contributed by atoms with van der Waals surface area (Å²) < 4.78 is 59.7. The smallest absolute Gasteiger partial charge is 0.383 e. The van der Waals surface area contributed by atoms with E-state index in [-0.39, 0.29) is 40.4 Å². The summed E-state index contributed by atoms with van der Waals surface area (Å²) in [6, 6.07) is 1.98. The van der Waals surface area contributed by atoms with Crippen LogP contribution in [0.2, 0.25) is 0 Å². The summed E-state index contributed by atoms with van der Waals surface area (Å²) >= 11 is 0. The van der Waals surface area contributed by atoms with Gasteiger partial charge in [0.25, 0.3) is 0 Å². The molecule has 9 nitrogen and oxygen atoms in total. The molecule has 3 aromatic rings. The average molecular weight is 558 g/mol. The monoisotopic (exact) mass is 557 g/mol. The molecule has 1 fully saturated rings. The number of likely N-dealkylation sites (N-methyl/N-ethyl adjacent to an activating group) is 1. The molecule has 2 aromatic heterocycles. The van der Waals surface area contributed by atoms with E-state index >= 15 is 0 Å². The van der Waals surface area contributed by atoms with Crippen LogP contribution in [0.25, 0.3) is 10.9 Å². The Balaban J connectivity index is 0.00000361. The van der Waals surface area contributed by atoms with E-state index < -0.39 is 35.9 Å². The van der Waals surface area contributed by atoms with Crippen LogP contribution in [-0.4, -0.2) is 45.1 Å². The normalized spacial score (nSPS) is 15.9. The molecule has 197 valence electrons. The molecule has 0 spiro atoms. The molecule has 3 heterocycles. The third kappa shape index (κ3) is 5.77. The molecule has 14 heteroatoms. The number of rotatable bonds is 4. The van der Waals surface area contributed by atoms with Gasteiger partial charge in [-0.15, -0.1) is 0 Å². The number of nitrogens with zero attached hydrogens (tertiary/aromatic N) is 4. The number of halogens is 4. The van der Waals surface area contributed by atoms with Gasteiger partial charge in [-0.05, 0) is 31.4 Å². The molecule has 3 N–H and O–H groups in total. The fraction of sp³-hybridized carbons (Fsp3) is 0.364. The van der Waals surface area contributed by atoms with Crippen LogP contribution in [-0.2, 0) is 44.1 Å². The van der Waals surface area contributed by atoms with Crippen molar-refractivity contribution in [2.24, 2.45) is 0 Å². The Morgan fingerprint density at radius 3 is 2.69 bits per heavy atom. The first-order valence-electron chi connectivity index (χ1n) is 10.7. The number of nitrogens with two attached hydrogens (primary N) is 1. The molecule has 1 aromatic carbocycles. The number of pyridine rings is 1. The predicted octanol–water partition coefficient (Wildman–Crippen LogP) is 3.47. The van der Waals surface area contributed by atoms with Crippen molar-refractivity contribution in [3.8, 4) is 0 Å². The zero-order valence-corrected chi connectivity index (χ0v) is 19.8. The van der Waals surface area contributed by atoms with E-state index in [1.807, 2.05) is 0 Å². The Hall–Kier alpha value is -3.22. The third-order valence-corrected chi connectivity index (χ3v) is 5.62. The second-order valence-corrected chi connectivity index (χ2v) is 8.17. The first-order valence-corrected chi connectivity index (χ1v) is 10.7. The van der Waals surface area contributed by atoms with Crippen molar-refractivity contribution in [2.45, 2.75) is 38.2 Å². The maximum atomic E-state index is 14.1. The number of fused-ring (bicyclic) bond motifs is 1. The molecule has 1 radical (unpaired) electrons. The van der Waals surface area contributed by atoms with Gasteiger partial charge in [-0.25, -0.2) is 14.1 Å². The zero-order valence-electron chi connectivity index (χ0n) is 18.9. The quantitative estimate of drug-likeness (QED) is 0.288. The van der Waals surface area contributed by atoms with Gasteiger partial charge in [0.15, 0.2) is 0 Å². The maximum Gasteiger partial charge on any atom is 0.416 e. The Bertz CT molecular complexity index is 1280. The zero-order chi connectivity index (χ0) is 25.3. The van der Waals surface area contributed by atoms with Crippen molar-refractivity contribution >= 4 is 34.2 Å². The number of nitrogens with one attached hydrogen (secondary N) is 1.